The van der Waals surface area contributed by atoms with E-state index in [9.17, 15) is 0 Å². The summed E-state index contributed by atoms with van der Waals surface area (Å²) in [6, 6.07) is 7.41. The molecule has 106 valence electrons. The number of nitrogens with zero attached hydrogens (tertiary/aromatic N) is 2. The van der Waals surface area contributed by atoms with Crippen LogP contribution in [0, 0.1) is 13.8 Å². The lowest BCUT2D eigenvalue weighted by atomic mass is 10.3. The molecule has 1 heterocycles. The summed E-state index contributed by atoms with van der Waals surface area (Å²) in [5.41, 5.74) is 7.52. The van der Waals surface area contributed by atoms with Crippen molar-refractivity contribution in [2.45, 2.75) is 20.4 Å². The number of nitrogens with one attached hydrogen (secondary N) is 1. The fraction of sp³-hybridized carbons (Fsp3) is 0.286. The maximum absolute atomic E-state index is 5.81. The minimum Gasteiger partial charge on any atom is -0.497 e. The zero-order valence-corrected chi connectivity index (χ0v) is 11.8. The molecule has 0 amide bonds. The number of hydrogen-bond donors (Lipinski definition) is 2. The van der Waals surface area contributed by atoms with E-state index in [1.165, 1.54) is 0 Å². The summed E-state index contributed by atoms with van der Waals surface area (Å²) in [5, 5.41) is 2.99. The molecule has 6 nitrogen and oxygen atoms in total. The van der Waals surface area contributed by atoms with Gasteiger partial charge in [-0.3, -0.25) is 0 Å². The number of hydrogen-bond acceptors (Lipinski definition) is 4. The molecule has 0 spiro atoms. The largest absolute Gasteiger partial charge is 0.497 e. The zero-order chi connectivity index (χ0) is 14.5. The Kier molecular flexibility index (Phi) is 4.24. The molecule has 1 aromatic heterocycles. The molecule has 20 heavy (non-hydrogen) atoms. The van der Waals surface area contributed by atoms with E-state index in [4.69, 9.17) is 14.9 Å². The van der Waals surface area contributed by atoms with Crippen molar-refractivity contribution in [1.29, 1.82) is 0 Å². The first-order valence-corrected chi connectivity index (χ1v) is 6.22. The van der Waals surface area contributed by atoms with Gasteiger partial charge in [0, 0.05) is 5.69 Å². The van der Waals surface area contributed by atoms with Crippen LogP contribution in [0.4, 0.5) is 5.69 Å². The molecule has 2 aromatic rings. The van der Waals surface area contributed by atoms with Crippen LogP contribution in [-0.4, -0.2) is 18.1 Å². The van der Waals surface area contributed by atoms with E-state index in [1.54, 1.807) is 7.11 Å². The lowest BCUT2D eigenvalue weighted by molar-refractivity contribution is 0.415. The molecule has 6 heteroatoms. The molecule has 0 unspecified atom stereocenters. The van der Waals surface area contributed by atoms with Gasteiger partial charge in [0.25, 0.3) is 0 Å². The van der Waals surface area contributed by atoms with E-state index in [0.717, 1.165) is 22.9 Å². The highest BCUT2D eigenvalue weighted by atomic mass is 16.5. The number of oxazole rings is 1. The lowest BCUT2D eigenvalue weighted by Crippen LogP contribution is -2.22. The van der Waals surface area contributed by atoms with Crippen molar-refractivity contribution in [2.75, 3.05) is 12.4 Å². The number of methoxy groups -OCH3 is 1. The fourth-order valence-electron chi connectivity index (χ4n) is 1.62. The van der Waals surface area contributed by atoms with E-state index < -0.39 is 0 Å². The van der Waals surface area contributed by atoms with Gasteiger partial charge in [0.05, 0.1) is 12.8 Å². The van der Waals surface area contributed by atoms with E-state index >= 15 is 0 Å². The van der Waals surface area contributed by atoms with Crippen molar-refractivity contribution in [3.63, 3.8) is 0 Å². The highest BCUT2D eigenvalue weighted by Gasteiger charge is 2.04. The summed E-state index contributed by atoms with van der Waals surface area (Å²) in [6.45, 7) is 4.07. The average Bonchev–Trinajstić information content (AvgIpc) is 2.76. The minimum absolute atomic E-state index is 0.309. The Morgan fingerprint density at radius 1 is 1.35 bits per heavy atom. The summed E-state index contributed by atoms with van der Waals surface area (Å²) in [6.07, 6.45) is 0. The monoisotopic (exact) mass is 274 g/mol. The van der Waals surface area contributed by atoms with Gasteiger partial charge >= 0.3 is 0 Å². The molecule has 0 aliphatic carbocycles. The number of aromatic nitrogens is 1. The van der Waals surface area contributed by atoms with Crippen molar-refractivity contribution in [3.8, 4) is 5.75 Å². The Morgan fingerprint density at radius 3 is 2.60 bits per heavy atom. The number of aliphatic imine (C=N–C) groups is 1. The highest BCUT2D eigenvalue weighted by Crippen LogP contribution is 2.14. The van der Waals surface area contributed by atoms with E-state index in [2.05, 4.69) is 15.3 Å². The predicted molar refractivity (Wildman–Crippen MR) is 77.9 cm³/mol. The van der Waals surface area contributed by atoms with E-state index in [1.807, 2.05) is 38.1 Å². The standard InChI is InChI=1S/C14H18N4O2/c1-9-10(2)20-13(17-9)8-16-14(15)18-11-4-6-12(19-3)7-5-11/h4-7H,8H2,1-3H3,(H3,15,16,18). The number of nitrogens with two attached hydrogens (primary N) is 1. The summed E-state index contributed by atoms with van der Waals surface area (Å²) < 4.78 is 10.5. The Hall–Kier alpha value is -2.50. The summed E-state index contributed by atoms with van der Waals surface area (Å²) >= 11 is 0. The first kappa shape index (κ1) is 13.9. The SMILES string of the molecule is COc1ccc(NC(N)=NCc2nc(C)c(C)o2)cc1. The van der Waals surface area contributed by atoms with Crippen LogP contribution in [0.5, 0.6) is 5.75 Å². The maximum Gasteiger partial charge on any atom is 0.216 e. The minimum atomic E-state index is 0.309. The number of aryl methyl sites for hydroxylation is 2. The molecule has 0 aliphatic heterocycles. The fourth-order valence-corrected chi connectivity index (χ4v) is 1.62. The van der Waals surface area contributed by atoms with Gasteiger partial charge in [0.15, 0.2) is 5.96 Å². The van der Waals surface area contributed by atoms with E-state index in [-0.39, 0.29) is 0 Å². The predicted octanol–water partition coefficient (Wildman–Crippen LogP) is 2.23. The van der Waals surface area contributed by atoms with Crippen molar-refractivity contribution in [2.24, 2.45) is 10.7 Å². The molecule has 0 radical (unpaired) electrons. The number of anilines is 1. The molecule has 2 rings (SSSR count). The molecule has 0 aliphatic rings. The molecule has 0 fully saturated rings. The van der Waals surface area contributed by atoms with Crippen LogP contribution in [-0.2, 0) is 6.54 Å². The number of rotatable bonds is 4. The Labute approximate surface area is 117 Å². The van der Waals surface area contributed by atoms with E-state index in [0.29, 0.717) is 18.4 Å². The third kappa shape index (κ3) is 3.50. The Balaban J connectivity index is 1.96. The first-order valence-electron chi connectivity index (χ1n) is 6.22. The number of benzene rings is 1. The third-order valence-corrected chi connectivity index (χ3v) is 2.82. The van der Waals surface area contributed by atoms with Crippen LogP contribution < -0.4 is 15.8 Å². The Morgan fingerprint density at radius 2 is 2.05 bits per heavy atom. The molecule has 0 saturated heterocycles. The van der Waals surface area contributed by atoms with Gasteiger partial charge in [-0.05, 0) is 38.1 Å². The quantitative estimate of drug-likeness (QED) is 0.659. The lowest BCUT2D eigenvalue weighted by Gasteiger charge is -2.06. The molecule has 0 bridgehead atoms. The highest BCUT2D eigenvalue weighted by molar-refractivity contribution is 5.92. The molecular weight excluding hydrogens is 256 g/mol. The van der Waals surface area contributed by atoms with Crippen LogP contribution in [0.1, 0.15) is 17.3 Å². The normalized spacial score (nSPS) is 11.4. The first-order chi connectivity index (χ1) is 9.58. The van der Waals surface area contributed by atoms with Crippen LogP contribution in [0.3, 0.4) is 0 Å². The number of guanidine groups is 1. The van der Waals surface area contributed by atoms with Gasteiger partial charge in [0.2, 0.25) is 5.89 Å². The number of ether oxygens (including phenoxy) is 1. The van der Waals surface area contributed by atoms with Gasteiger partial charge < -0.3 is 20.2 Å². The third-order valence-electron chi connectivity index (χ3n) is 2.82. The van der Waals surface area contributed by atoms with Crippen molar-refractivity contribution in [3.05, 3.63) is 41.6 Å². The van der Waals surface area contributed by atoms with Crippen LogP contribution >= 0.6 is 0 Å². The molecule has 0 saturated carbocycles. The van der Waals surface area contributed by atoms with Gasteiger partial charge in [-0.15, -0.1) is 0 Å². The van der Waals surface area contributed by atoms with Gasteiger partial charge in [-0.25, -0.2) is 9.98 Å². The van der Waals surface area contributed by atoms with Crippen molar-refractivity contribution < 1.29 is 9.15 Å². The second-order valence-corrected chi connectivity index (χ2v) is 4.30. The van der Waals surface area contributed by atoms with Gasteiger partial charge in [0.1, 0.15) is 18.1 Å². The second kappa shape index (κ2) is 6.10. The molecule has 3 N–H and O–H groups in total. The zero-order valence-electron chi connectivity index (χ0n) is 11.8. The van der Waals surface area contributed by atoms with Crippen LogP contribution in [0.15, 0.2) is 33.7 Å². The topological polar surface area (TPSA) is 85.7 Å². The average molecular weight is 274 g/mol. The van der Waals surface area contributed by atoms with Crippen LogP contribution in [0.2, 0.25) is 0 Å². The van der Waals surface area contributed by atoms with Crippen molar-refractivity contribution in [1.82, 2.24) is 4.98 Å². The summed E-state index contributed by atoms with van der Waals surface area (Å²) in [5.74, 6) is 2.46. The van der Waals surface area contributed by atoms with Gasteiger partial charge in [-0.1, -0.05) is 0 Å². The molecular formula is C14H18N4O2. The maximum atomic E-state index is 5.81. The molecule has 1 aromatic carbocycles. The Bertz CT molecular complexity index is 583. The summed E-state index contributed by atoms with van der Waals surface area (Å²) in [7, 11) is 1.62. The smallest absolute Gasteiger partial charge is 0.216 e. The van der Waals surface area contributed by atoms with Gasteiger partial charge in [-0.2, -0.15) is 0 Å². The van der Waals surface area contributed by atoms with Crippen molar-refractivity contribution >= 4 is 11.6 Å². The summed E-state index contributed by atoms with van der Waals surface area (Å²) in [4.78, 5) is 8.42. The second-order valence-electron chi connectivity index (χ2n) is 4.30. The molecule has 0 atom stereocenters. The van der Waals surface area contributed by atoms with Crippen LogP contribution in [0.25, 0.3) is 0 Å².